The van der Waals surface area contributed by atoms with E-state index < -0.39 is 17.9 Å². The lowest BCUT2D eigenvalue weighted by atomic mass is 10.0. The molecule has 0 fully saturated rings. The second-order valence-electron chi connectivity index (χ2n) is 7.60. The molecule has 0 aliphatic heterocycles. The van der Waals surface area contributed by atoms with Crippen molar-refractivity contribution in [3.05, 3.63) is 63.8 Å². The summed E-state index contributed by atoms with van der Waals surface area (Å²) in [7, 11) is 0. The number of carboxylic acids is 1. The molecular weight excluding hydrogens is 448 g/mol. The zero-order valence-electron chi connectivity index (χ0n) is 17.2. The number of rotatable bonds is 8. The van der Waals surface area contributed by atoms with Gasteiger partial charge in [0.15, 0.2) is 6.61 Å². The fourth-order valence-electron chi connectivity index (χ4n) is 3.35. The molecule has 0 aliphatic carbocycles. The molecule has 158 valence electrons. The molecule has 7 heteroatoms. The number of hydrogen-bond donors (Lipinski definition) is 3. The van der Waals surface area contributed by atoms with Gasteiger partial charge in [0, 0.05) is 28.0 Å². The van der Waals surface area contributed by atoms with Crippen molar-refractivity contribution < 1.29 is 19.4 Å². The Morgan fingerprint density at radius 2 is 1.97 bits per heavy atom. The highest BCUT2D eigenvalue weighted by molar-refractivity contribution is 9.10. The number of aryl methyl sites for hydroxylation is 1. The predicted octanol–water partition coefficient (Wildman–Crippen LogP) is 4.55. The molecule has 1 heterocycles. The summed E-state index contributed by atoms with van der Waals surface area (Å²) in [6.45, 7) is 5.79. The number of nitrogens with one attached hydrogen (secondary N) is 2. The lowest BCUT2D eigenvalue weighted by Gasteiger charge is -2.18. The molecule has 0 spiro atoms. The fourth-order valence-corrected chi connectivity index (χ4v) is 3.71. The number of aromatic nitrogens is 1. The maximum absolute atomic E-state index is 12.4. The summed E-state index contributed by atoms with van der Waals surface area (Å²) in [5, 5.41) is 13.1. The van der Waals surface area contributed by atoms with Crippen LogP contribution < -0.4 is 10.1 Å². The van der Waals surface area contributed by atoms with Crippen molar-refractivity contribution in [1.29, 1.82) is 0 Å². The molecule has 0 saturated carbocycles. The first kappa shape index (κ1) is 21.9. The summed E-state index contributed by atoms with van der Waals surface area (Å²) in [6, 6.07) is 10.5. The number of amides is 1. The molecule has 3 aromatic rings. The van der Waals surface area contributed by atoms with Gasteiger partial charge in [-0.3, -0.25) is 4.79 Å². The summed E-state index contributed by atoms with van der Waals surface area (Å²) in [5.74, 6) is -0.716. The molecule has 1 atom stereocenters. The van der Waals surface area contributed by atoms with Gasteiger partial charge in [-0.05, 0) is 47.7 Å². The smallest absolute Gasteiger partial charge is 0.326 e. The standard InChI is InChI=1S/C23H25BrN2O4/c1-13(2)17-10-18(24)14(3)8-21(17)30-12-22(27)26-20(23(28)29)9-15-11-25-19-7-5-4-6-16(15)19/h4-8,10-11,13,20,25H,9,12H2,1-3H3,(H,26,27)(H,28,29). The Kier molecular flexibility index (Phi) is 6.82. The highest BCUT2D eigenvalue weighted by Gasteiger charge is 2.22. The predicted molar refractivity (Wildman–Crippen MR) is 120 cm³/mol. The number of carbonyl (C=O) groups is 2. The Morgan fingerprint density at radius 1 is 1.23 bits per heavy atom. The third-order valence-electron chi connectivity index (χ3n) is 5.00. The van der Waals surface area contributed by atoms with E-state index in [-0.39, 0.29) is 18.9 Å². The lowest BCUT2D eigenvalue weighted by molar-refractivity contribution is -0.142. The number of para-hydroxylation sites is 1. The molecule has 1 unspecified atom stereocenters. The Hall–Kier alpha value is -2.80. The van der Waals surface area contributed by atoms with Crippen LogP contribution in [0.1, 0.15) is 36.5 Å². The van der Waals surface area contributed by atoms with Gasteiger partial charge in [0.25, 0.3) is 5.91 Å². The van der Waals surface area contributed by atoms with E-state index in [9.17, 15) is 14.7 Å². The normalized spacial score (nSPS) is 12.2. The van der Waals surface area contributed by atoms with Crippen molar-refractivity contribution >= 4 is 38.7 Å². The number of H-pyrrole nitrogens is 1. The average Bonchev–Trinajstić information content (AvgIpc) is 3.10. The van der Waals surface area contributed by atoms with E-state index in [4.69, 9.17) is 4.74 Å². The van der Waals surface area contributed by atoms with Crippen LogP contribution in [0.5, 0.6) is 5.75 Å². The third-order valence-corrected chi connectivity index (χ3v) is 5.86. The molecule has 0 bridgehead atoms. The number of halogens is 1. The maximum Gasteiger partial charge on any atom is 0.326 e. The molecule has 3 rings (SSSR count). The number of carbonyl (C=O) groups excluding carboxylic acids is 1. The van der Waals surface area contributed by atoms with Crippen LogP contribution in [0.2, 0.25) is 0 Å². The fraction of sp³-hybridized carbons (Fsp3) is 0.304. The number of carboxylic acid groups (broad SMARTS) is 1. The van der Waals surface area contributed by atoms with E-state index in [0.29, 0.717) is 5.75 Å². The van der Waals surface area contributed by atoms with Crippen molar-refractivity contribution in [3.8, 4) is 5.75 Å². The van der Waals surface area contributed by atoms with Gasteiger partial charge >= 0.3 is 5.97 Å². The van der Waals surface area contributed by atoms with Crippen LogP contribution in [0.4, 0.5) is 0 Å². The minimum absolute atomic E-state index is 0.180. The minimum atomic E-state index is -1.09. The van der Waals surface area contributed by atoms with Crippen molar-refractivity contribution in [3.63, 3.8) is 0 Å². The number of hydrogen-bond acceptors (Lipinski definition) is 3. The second-order valence-corrected chi connectivity index (χ2v) is 8.46. The highest BCUT2D eigenvalue weighted by atomic mass is 79.9. The molecule has 1 aromatic heterocycles. The summed E-state index contributed by atoms with van der Waals surface area (Å²) >= 11 is 3.52. The van der Waals surface area contributed by atoms with Crippen LogP contribution in [-0.4, -0.2) is 34.6 Å². The van der Waals surface area contributed by atoms with E-state index >= 15 is 0 Å². The zero-order chi connectivity index (χ0) is 21.8. The number of fused-ring (bicyclic) bond motifs is 1. The minimum Gasteiger partial charge on any atom is -0.483 e. The Morgan fingerprint density at radius 3 is 2.67 bits per heavy atom. The lowest BCUT2D eigenvalue weighted by Crippen LogP contribution is -2.44. The van der Waals surface area contributed by atoms with Crippen molar-refractivity contribution in [2.75, 3.05) is 6.61 Å². The van der Waals surface area contributed by atoms with Crippen molar-refractivity contribution in [2.45, 2.75) is 39.2 Å². The second kappa shape index (κ2) is 9.34. The van der Waals surface area contributed by atoms with Gasteiger partial charge in [0.1, 0.15) is 11.8 Å². The van der Waals surface area contributed by atoms with Crippen LogP contribution in [0.25, 0.3) is 10.9 Å². The SMILES string of the molecule is Cc1cc(OCC(=O)NC(Cc2c[nH]c3ccccc23)C(=O)O)c(C(C)C)cc1Br. The molecule has 30 heavy (non-hydrogen) atoms. The summed E-state index contributed by atoms with van der Waals surface area (Å²) in [6.07, 6.45) is 1.96. The van der Waals surface area contributed by atoms with Crippen LogP contribution in [-0.2, 0) is 16.0 Å². The van der Waals surface area contributed by atoms with E-state index in [1.165, 1.54) is 0 Å². The Labute approximate surface area is 183 Å². The monoisotopic (exact) mass is 472 g/mol. The van der Waals surface area contributed by atoms with Gasteiger partial charge in [-0.25, -0.2) is 4.79 Å². The summed E-state index contributed by atoms with van der Waals surface area (Å²) in [5.41, 5.74) is 3.74. The topological polar surface area (TPSA) is 91.4 Å². The summed E-state index contributed by atoms with van der Waals surface area (Å²) < 4.78 is 6.73. The first-order valence-corrected chi connectivity index (χ1v) is 10.6. The van der Waals surface area contributed by atoms with Crippen LogP contribution in [0, 0.1) is 6.92 Å². The molecule has 0 saturated heterocycles. The van der Waals surface area contributed by atoms with Crippen molar-refractivity contribution in [2.24, 2.45) is 0 Å². The van der Waals surface area contributed by atoms with Gasteiger partial charge in [-0.15, -0.1) is 0 Å². The van der Waals surface area contributed by atoms with E-state index in [0.717, 1.165) is 32.1 Å². The number of benzene rings is 2. The largest absolute Gasteiger partial charge is 0.483 e. The van der Waals surface area contributed by atoms with Gasteiger partial charge in [0.2, 0.25) is 0 Å². The molecule has 2 aromatic carbocycles. The van der Waals surface area contributed by atoms with E-state index in [2.05, 4.69) is 26.2 Å². The molecule has 1 amide bonds. The summed E-state index contributed by atoms with van der Waals surface area (Å²) in [4.78, 5) is 27.3. The third kappa shape index (κ3) is 5.02. The molecule has 3 N–H and O–H groups in total. The first-order valence-electron chi connectivity index (χ1n) is 9.76. The van der Waals surface area contributed by atoms with E-state index in [1.54, 1.807) is 6.20 Å². The van der Waals surface area contributed by atoms with Crippen molar-refractivity contribution in [1.82, 2.24) is 10.3 Å². The Balaban J connectivity index is 1.68. The van der Waals surface area contributed by atoms with Crippen LogP contribution in [0.3, 0.4) is 0 Å². The zero-order valence-corrected chi connectivity index (χ0v) is 18.7. The number of aliphatic carboxylic acids is 1. The molecule has 6 nitrogen and oxygen atoms in total. The van der Waals surface area contributed by atoms with Crippen LogP contribution >= 0.6 is 15.9 Å². The number of ether oxygens (including phenoxy) is 1. The quantitative estimate of drug-likeness (QED) is 0.448. The average molecular weight is 473 g/mol. The highest BCUT2D eigenvalue weighted by Crippen LogP contribution is 2.32. The maximum atomic E-state index is 12.4. The van der Waals surface area contributed by atoms with E-state index in [1.807, 2.05) is 57.2 Å². The Bertz CT molecular complexity index is 1070. The van der Waals surface area contributed by atoms with Gasteiger partial charge < -0.3 is 20.1 Å². The molecule has 0 radical (unpaired) electrons. The van der Waals surface area contributed by atoms with Gasteiger partial charge in [0.05, 0.1) is 0 Å². The first-order chi connectivity index (χ1) is 14.3. The molecular formula is C23H25BrN2O4. The van der Waals surface area contributed by atoms with Gasteiger partial charge in [-0.2, -0.15) is 0 Å². The number of aromatic amines is 1. The molecule has 0 aliphatic rings. The van der Waals surface area contributed by atoms with Crippen LogP contribution in [0.15, 0.2) is 47.1 Å². The van der Waals surface area contributed by atoms with Gasteiger partial charge in [-0.1, -0.05) is 48.0 Å².